The van der Waals surface area contributed by atoms with Gasteiger partial charge in [0.1, 0.15) is 5.82 Å². The van der Waals surface area contributed by atoms with Crippen LogP contribution in [0, 0.1) is 11.7 Å². The van der Waals surface area contributed by atoms with Gasteiger partial charge in [0, 0.05) is 24.3 Å². The predicted octanol–water partition coefficient (Wildman–Crippen LogP) is 4.67. The molecule has 0 bridgehead atoms. The molecule has 0 saturated carbocycles. The molecule has 1 N–H and O–H groups in total. The van der Waals surface area contributed by atoms with E-state index in [4.69, 9.17) is 11.6 Å². The molecule has 0 saturated heterocycles. The second-order valence-electron chi connectivity index (χ2n) is 6.82. The lowest BCUT2D eigenvalue weighted by Gasteiger charge is -2.31. The van der Waals surface area contributed by atoms with Crippen molar-refractivity contribution in [1.82, 2.24) is 0 Å². The lowest BCUT2D eigenvalue weighted by atomic mass is 9.99. The number of amides is 2. The molecule has 0 unspecified atom stereocenters. The highest BCUT2D eigenvalue weighted by molar-refractivity contribution is 6.34. The number of fused-ring (bicyclic) bond motifs is 1. The third-order valence-corrected chi connectivity index (χ3v) is 4.57. The van der Waals surface area contributed by atoms with Crippen molar-refractivity contribution in [2.75, 3.05) is 16.8 Å². The Morgan fingerprint density at radius 1 is 1.23 bits per heavy atom. The van der Waals surface area contributed by atoms with Gasteiger partial charge in [0.25, 0.3) is 5.91 Å². The number of hydrogen-bond acceptors (Lipinski definition) is 2. The summed E-state index contributed by atoms with van der Waals surface area (Å²) in [5.74, 6) is -0.401. The molecular formula is C20H20ClFN2O2. The van der Waals surface area contributed by atoms with Crippen molar-refractivity contribution in [3.63, 3.8) is 0 Å². The van der Waals surface area contributed by atoms with Crippen molar-refractivity contribution >= 4 is 34.8 Å². The number of anilines is 2. The van der Waals surface area contributed by atoms with Gasteiger partial charge in [-0.2, -0.15) is 0 Å². The Balaban J connectivity index is 1.83. The Labute approximate surface area is 157 Å². The molecule has 0 aliphatic carbocycles. The normalized spacial score (nSPS) is 13.7. The number of nitrogens with one attached hydrogen (secondary N) is 1. The molecule has 0 spiro atoms. The van der Waals surface area contributed by atoms with Crippen molar-refractivity contribution in [3.05, 3.63) is 58.4 Å². The topological polar surface area (TPSA) is 49.4 Å². The van der Waals surface area contributed by atoms with Crippen LogP contribution >= 0.6 is 11.6 Å². The summed E-state index contributed by atoms with van der Waals surface area (Å²) in [7, 11) is 0. The molecule has 0 fully saturated rings. The van der Waals surface area contributed by atoms with E-state index in [1.54, 1.807) is 6.07 Å². The van der Waals surface area contributed by atoms with Crippen LogP contribution < -0.4 is 10.2 Å². The highest BCUT2D eigenvalue weighted by atomic mass is 35.5. The van der Waals surface area contributed by atoms with E-state index in [1.165, 1.54) is 12.1 Å². The van der Waals surface area contributed by atoms with Crippen molar-refractivity contribution in [2.24, 2.45) is 5.92 Å². The van der Waals surface area contributed by atoms with Crippen LogP contribution in [0.3, 0.4) is 0 Å². The quantitative estimate of drug-likeness (QED) is 0.845. The molecule has 1 heterocycles. The van der Waals surface area contributed by atoms with E-state index in [2.05, 4.69) is 19.2 Å². The molecule has 4 nitrogen and oxygen atoms in total. The molecule has 3 rings (SSSR count). The van der Waals surface area contributed by atoms with Gasteiger partial charge >= 0.3 is 0 Å². The lowest BCUT2D eigenvalue weighted by Crippen LogP contribution is -2.37. The van der Waals surface area contributed by atoms with E-state index >= 15 is 0 Å². The molecule has 2 aromatic carbocycles. The SMILES string of the molecule is CC(C)CN1C(=O)CCc2cc(NC(=O)c3ccc(F)cc3Cl)ccc21. The molecule has 1 aliphatic rings. The average molecular weight is 375 g/mol. The Kier molecular flexibility index (Phi) is 5.28. The van der Waals surface area contributed by atoms with Gasteiger partial charge in [-0.1, -0.05) is 25.4 Å². The monoisotopic (exact) mass is 374 g/mol. The third kappa shape index (κ3) is 3.88. The Bertz CT molecular complexity index is 867. The van der Waals surface area contributed by atoms with Crippen LogP contribution in [0.4, 0.5) is 15.8 Å². The van der Waals surface area contributed by atoms with Crippen LogP contribution in [-0.4, -0.2) is 18.4 Å². The van der Waals surface area contributed by atoms with Crippen LogP contribution in [0.1, 0.15) is 36.2 Å². The summed E-state index contributed by atoms with van der Waals surface area (Å²) in [4.78, 5) is 26.4. The number of carbonyl (C=O) groups is 2. The van der Waals surface area contributed by atoms with Crippen molar-refractivity contribution in [1.29, 1.82) is 0 Å². The second-order valence-corrected chi connectivity index (χ2v) is 7.23. The molecule has 1 aliphatic heterocycles. The van der Waals surface area contributed by atoms with Crippen LogP contribution in [0.2, 0.25) is 5.02 Å². The van der Waals surface area contributed by atoms with Crippen LogP contribution in [-0.2, 0) is 11.2 Å². The zero-order valence-corrected chi connectivity index (χ0v) is 15.4. The highest BCUT2D eigenvalue weighted by Crippen LogP contribution is 2.31. The standard InChI is InChI=1S/C20H20ClFN2O2/c1-12(2)11-24-18-7-5-15(9-13(18)3-8-19(24)25)23-20(26)16-6-4-14(22)10-17(16)21/h4-7,9-10,12H,3,8,11H2,1-2H3,(H,23,26). The number of aryl methyl sites for hydroxylation is 1. The first kappa shape index (κ1) is 18.4. The minimum Gasteiger partial charge on any atom is -0.322 e. The second kappa shape index (κ2) is 7.46. The fourth-order valence-corrected chi connectivity index (χ4v) is 3.33. The molecule has 26 heavy (non-hydrogen) atoms. The summed E-state index contributed by atoms with van der Waals surface area (Å²) < 4.78 is 13.1. The van der Waals surface area contributed by atoms with Gasteiger partial charge < -0.3 is 10.2 Å². The summed E-state index contributed by atoms with van der Waals surface area (Å²) in [5.41, 5.74) is 2.75. The summed E-state index contributed by atoms with van der Waals surface area (Å²) in [6.45, 7) is 4.81. The minimum atomic E-state index is -0.491. The lowest BCUT2D eigenvalue weighted by molar-refractivity contribution is -0.119. The number of rotatable bonds is 4. The predicted molar refractivity (Wildman–Crippen MR) is 101 cm³/mol. The zero-order chi connectivity index (χ0) is 18.8. The van der Waals surface area contributed by atoms with E-state index in [9.17, 15) is 14.0 Å². The van der Waals surface area contributed by atoms with Gasteiger partial charge in [-0.15, -0.1) is 0 Å². The van der Waals surface area contributed by atoms with Gasteiger partial charge in [-0.25, -0.2) is 4.39 Å². The number of nitrogens with zero attached hydrogens (tertiary/aromatic N) is 1. The maximum atomic E-state index is 13.1. The number of halogens is 2. The van der Waals surface area contributed by atoms with Gasteiger partial charge in [-0.05, 0) is 54.3 Å². The van der Waals surface area contributed by atoms with Crippen molar-refractivity contribution in [2.45, 2.75) is 26.7 Å². The highest BCUT2D eigenvalue weighted by Gasteiger charge is 2.25. The first-order chi connectivity index (χ1) is 12.3. The molecule has 136 valence electrons. The third-order valence-electron chi connectivity index (χ3n) is 4.26. The maximum Gasteiger partial charge on any atom is 0.257 e. The van der Waals surface area contributed by atoms with Crippen molar-refractivity contribution < 1.29 is 14.0 Å². The largest absolute Gasteiger partial charge is 0.322 e. The molecule has 2 aromatic rings. The molecule has 6 heteroatoms. The molecule has 0 atom stereocenters. The van der Waals surface area contributed by atoms with E-state index in [1.807, 2.05) is 17.0 Å². The molecule has 2 amide bonds. The molecule has 0 aromatic heterocycles. The Morgan fingerprint density at radius 3 is 2.69 bits per heavy atom. The van der Waals surface area contributed by atoms with Crippen molar-refractivity contribution in [3.8, 4) is 0 Å². The molecular weight excluding hydrogens is 355 g/mol. The van der Waals surface area contributed by atoms with Gasteiger partial charge in [-0.3, -0.25) is 9.59 Å². The zero-order valence-electron chi connectivity index (χ0n) is 14.7. The Morgan fingerprint density at radius 2 is 2.00 bits per heavy atom. The van der Waals surface area contributed by atoms with Gasteiger partial charge in [0.05, 0.1) is 10.6 Å². The maximum absolute atomic E-state index is 13.1. The number of hydrogen-bond donors (Lipinski definition) is 1. The summed E-state index contributed by atoms with van der Waals surface area (Å²) in [6.07, 6.45) is 1.10. The summed E-state index contributed by atoms with van der Waals surface area (Å²) >= 11 is 5.94. The van der Waals surface area contributed by atoms with Gasteiger partial charge in [0.2, 0.25) is 5.91 Å². The van der Waals surface area contributed by atoms with E-state index < -0.39 is 11.7 Å². The van der Waals surface area contributed by atoms with Crippen LogP contribution in [0.25, 0.3) is 0 Å². The first-order valence-corrected chi connectivity index (χ1v) is 8.92. The van der Waals surface area contributed by atoms with E-state index in [0.29, 0.717) is 31.0 Å². The average Bonchev–Trinajstić information content (AvgIpc) is 2.57. The van der Waals surface area contributed by atoms with Crippen LogP contribution in [0.15, 0.2) is 36.4 Å². The number of benzene rings is 2. The van der Waals surface area contributed by atoms with E-state index in [-0.39, 0.29) is 16.5 Å². The molecule has 0 radical (unpaired) electrons. The fraction of sp³-hybridized carbons (Fsp3) is 0.300. The Hall–Kier alpha value is -2.40. The first-order valence-electron chi connectivity index (χ1n) is 8.55. The van der Waals surface area contributed by atoms with Crippen LogP contribution in [0.5, 0.6) is 0 Å². The van der Waals surface area contributed by atoms with Gasteiger partial charge in [0.15, 0.2) is 0 Å². The smallest absolute Gasteiger partial charge is 0.257 e. The summed E-state index contributed by atoms with van der Waals surface area (Å²) in [6, 6.07) is 9.16. The fourth-order valence-electron chi connectivity index (χ4n) is 3.08. The minimum absolute atomic E-state index is 0.0640. The summed E-state index contributed by atoms with van der Waals surface area (Å²) in [5, 5.41) is 2.85. The van der Waals surface area contributed by atoms with E-state index in [0.717, 1.165) is 17.3 Å². The number of carbonyl (C=O) groups excluding carboxylic acids is 2.